The molecule has 0 aromatic heterocycles. The average molecular weight is 523 g/mol. The quantitative estimate of drug-likeness (QED) is 0.268. The third-order valence-electron chi connectivity index (χ3n) is 1.20. The van der Waals surface area contributed by atoms with Crippen LogP contribution in [0.15, 0.2) is 0 Å². The van der Waals surface area contributed by atoms with Gasteiger partial charge in [0, 0.05) is 0 Å². The van der Waals surface area contributed by atoms with Gasteiger partial charge < -0.3 is 0 Å². The third-order valence-corrected chi connectivity index (χ3v) is 97.2. The molecule has 4 bridgehead atoms. The Bertz CT molecular complexity index is 349. The van der Waals surface area contributed by atoms with Crippen LogP contribution in [-0.2, 0) is 47.2 Å². The van der Waals surface area contributed by atoms with Crippen LogP contribution in [0.25, 0.3) is 0 Å². The monoisotopic (exact) mass is 522 g/mol. The van der Waals surface area contributed by atoms with Crippen LogP contribution in [0.4, 0.5) is 0 Å². The van der Waals surface area contributed by atoms with Crippen LogP contribution >= 0.6 is 80.6 Å². The van der Waals surface area contributed by atoms with E-state index >= 15 is 0 Å². The molecule has 15 heteroatoms. The van der Waals surface area contributed by atoms with E-state index in [1.54, 1.807) is 0 Å². The number of hydrogen-bond donors (Lipinski definition) is 0. The summed E-state index contributed by atoms with van der Waals surface area (Å²) in [4.78, 5) is 0. The van der Waals surface area contributed by atoms with Gasteiger partial charge in [-0.1, -0.05) is 47.2 Å². The fourth-order valence-corrected chi connectivity index (χ4v) is 222. The molecule has 15 heavy (non-hydrogen) atoms. The first-order valence-corrected chi connectivity index (χ1v) is 26.3. The van der Waals surface area contributed by atoms with Gasteiger partial charge in [0.05, 0.1) is 0 Å². The van der Waals surface area contributed by atoms with Crippen LogP contribution in [0.5, 0.6) is 0 Å². The summed E-state index contributed by atoms with van der Waals surface area (Å²) in [6, 6.07) is 0. The molecule has 0 aromatic rings. The Hall–Kier alpha value is 5.26. The molecule has 0 saturated carbocycles. The van der Waals surface area contributed by atoms with E-state index in [4.69, 9.17) is 47.2 Å². The molecule has 0 spiro atoms. The summed E-state index contributed by atoms with van der Waals surface area (Å²) in [7, 11) is 0. The first-order chi connectivity index (χ1) is 6.24. The van der Waals surface area contributed by atoms with Gasteiger partial charge in [0.25, 0.3) is 0 Å². The van der Waals surface area contributed by atoms with Gasteiger partial charge in [-0.3, -0.25) is 0 Å². The molecule has 0 radical (unpaired) electrons. The Labute approximate surface area is 143 Å². The van der Waals surface area contributed by atoms with Crippen LogP contribution in [0.2, 0.25) is 0 Å². The summed E-state index contributed by atoms with van der Waals surface area (Å²) in [5.74, 6) is 0. The molecule has 0 N–H and O–H groups in total. The Kier molecular flexibility index (Phi) is 5.72. The molecule has 1 atom stereocenters. The van der Waals surface area contributed by atoms with Crippen molar-refractivity contribution in [1.29, 1.82) is 0 Å². The molecule has 0 aromatic carbocycles. The van der Waals surface area contributed by atoms with Crippen molar-refractivity contribution in [1.82, 2.24) is 0 Å². The summed E-state index contributed by atoms with van der Waals surface area (Å²) in [5.41, 5.74) is 0. The van der Waals surface area contributed by atoms with Crippen LogP contribution in [-0.4, -0.2) is 18.0 Å². The number of rotatable bonds is 0. The third kappa shape index (κ3) is 3.37. The van der Waals surface area contributed by atoms with Crippen LogP contribution < -0.4 is 0 Å². The van der Waals surface area contributed by atoms with E-state index in [2.05, 4.69) is 0 Å². The van der Waals surface area contributed by atoms with Crippen molar-refractivity contribution >= 4 is 146 Å². The van der Waals surface area contributed by atoms with Gasteiger partial charge in [-0.2, -0.15) is 0 Å². The van der Waals surface area contributed by atoms with Gasteiger partial charge in [-0.25, -0.2) is 0 Å². The van der Waals surface area contributed by atoms with Crippen molar-refractivity contribution in [2.24, 2.45) is 0 Å². The predicted molar refractivity (Wildman–Crippen MR) is 113 cm³/mol. The summed E-state index contributed by atoms with van der Waals surface area (Å²) in [5, 5.41) is 0. The van der Waals surface area contributed by atoms with Gasteiger partial charge in [-0.05, 0) is 66.0 Å². The molecule has 4 heterocycles. The van der Waals surface area contributed by atoms with E-state index in [1.807, 2.05) is 66.0 Å². The maximum atomic E-state index is 5.75. The number of hydrogen-bond acceptors (Lipinski definition) is 10. The fraction of sp³-hybridized carbons (Fsp3) is 0. The predicted octanol–water partition coefficient (Wildman–Crippen LogP) is 6.14. The summed E-state index contributed by atoms with van der Waals surface area (Å²) >= 11 is 34.5. The molecular formula is H3AsP4S10. The van der Waals surface area contributed by atoms with Gasteiger partial charge in [0.15, 0.2) is 0 Å². The fourth-order valence-electron chi connectivity index (χ4n) is 0.914. The minimum atomic E-state index is -1.41. The van der Waals surface area contributed by atoms with Gasteiger partial charge in [-0.15, -0.1) is 0 Å². The van der Waals surface area contributed by atoms with Crippen LogP contribution in [0.3, 0.4) is 0 Å². The summed E-state index contributed by atoms with van der Waals surface area (Å²) in [6.45, 7) is 0. The molecule has 4 rings (SSSR count). The summed E-state index contributed by atoms with van der Waals surface area (Å²) in [6.07, 6.45) is 0. The van der Waals surface area contributed by atoms with Crippen molar-refractivity contribution in [3.63, 3.8) is 0 Å². The summed E-state index contributed by atoms with van der Waals surface area (Å²) < 4.78 is -5.64. The van der Waals surface area contributed by atoms with E-state index < -0.39 is 14.6 Å². The Morgan fingerprint density at radius 3 is 0.733 bits per heavy atom. The van der Waals surface area contributed by atoms with E-state index in [0.717, 1.165) is 0 Å². The van der Waals surface area contributed by atoms with Gasteiger partial charge in [0.2, 0.25) is 0 Å². The zero-order chi connectivity index (χ0) is 10.2. The Balaban J connectivity index is 0.000000853. The average Bonchev–Trinajstić information content (AvgIpc) is 1.67. The zero-order valence-corrected chi connectivity index (χ0v) is 21.3. The second-order valence-corrected chi connectivity index (χ2v) is 61.5. The molecule has 88 valence electrons. The minimum absolute atomic E-state index is 0. The first kappa shape index (κ1) is 16.6. The second kappa shape index (κ2) is 5.16. The normalized spacial score (nSPS) is 61.3. The van der Waals surface area contributed by atoms with Crippen molar-refractivity contribution in [3.05, 3.63) is 0 Å². The maximum absolute atomic E-state index is 5.75. The first-order valence-electron chi connectivity index (χ1n) is 2.92. The molecule has 4 saturated heterocycles. The molecule has 4 aliphatic rings. The topological polar surface area (TPSA) is 0 Å². The molecular weight excluding hydrogens is 519 g/mol. The van der Waals surface area contributed by atoms with E-state index in [9.17, 15) is 0 Å². The molecule has 0 amide bonds. The van der Waals surface area contributed by atoms with E-state index in [0.29, 0.717) is 0 Å². The van der Waals surface area contributed by atoms with Crippen molar-refractivity contribution in [3.8, 4) is 0 Å². The van der Waals surface area contributed by atoms with Crippen molar-refractivity contribution < 1.29 is 0 Å². The molecule has 4 aliphatic heterocycles. The Morgan fingerprint density at radius 1 is 0.467 bits per heavy atom. The second-order valence-electron chi connectivity index (χ2n) is 2.28. The van der Waals surface area contributed by atoms with E-state index in [1.165, 1.54) is 0 Å². The standard InChI is InChI=1S/AsH3.P4S10/c;5-1-9-2(6)12-3(7,10-1)14-4(8,11-1)13-2/h1H3;. The molecule has 4 fully saturated rings. The molecule has 0 aliphatic carbocycles. The molecule has 1 unspecified atom stereocenters. The Morgan fingerprint density at radius 2 is 0.600 bits per heavy atom. The van der Waals surface area contributed by atoms with Crippen molar-refractivity contribution in [2.75, 3.05) is 0 Å². The van der Waals surface area contributed by atoms with E-state index in [-0.39, 0.29) is 18.0 Å². The molecule has 0 nitrogen and oxygen atoms in total. The zero-order valence-electron chi connectivity index (χ0n) is 6.58. The SMILES string of the molecule is S=P12SP3(=S)SP(=S)(S1)SP(=S)(S2)S3.[AsH3]. The van der Waals surface area contributed by atoms with Crippen LogP contribution in [0, 0.1) is 0 Å². The van der Waals surface area contributed by atoms with Crippen LogP contribution in [0.1, 0.15) is 0 Å². The van der Waals surface area contributed by atoms with Gasteiger partial charge in [0.1, 0.15) is 14.6 Å². The van der Waals surface area contributed by atoms with Gasteiger partial charge >= 0.3 is 18.0 Å². The van der Waals surface area contributed by atoms with Crippen molar-refractivity contribution in [2.45, 2.75) is 0 Å².